The van der Waals surface area contributed by atoms with Gasteiger partial charge in [0, 0.05) is 35.2 Å². The van der Waals surface area contributed by atoms with Crippen LogP contribution in [0.2, 0.25) is 0 Å². The molecule has 1 atom stereocenters. The van der Waals surface area contributed by atoms with Crippen LogP contribution in [0.1, 0.15) is 70.4 Å². The summed E-state index contributed by atoms with van der Waals surface area (Å²) in [4.78, 5) is 24.8. The van der Waals surface area contributed by atoms with Crippen molar-refractivity contribution < 1.29 is 14.7 Å². The topological polar surface area (TPSA) is 96.3 Å². The van der Waals surface area contributed by atoms with Crippen molar-refractivity contribution in [3.63, 3.8) is 0 Å². The first-order valence-electron chi connectivity index (χ1n) is 11.0. The van der Waals surface area contributed by atoms with Crippen LogP contribution >= 0.6 is 0 Å². The summed E-state index contributed by atoms with van der Waals surface area (Å²) in [5, 5.41) is 21.0. The van der Waals surface area contributed by atoms with Crippen molar-refractivity contribution in [2.45, 2.75) is 70.8 Å². The highest BCUT2D eigenvalue weighted by atomic mass is 16.3. The van der Waals surface area contributed by atoms with E-state index in [0.717, 1.165) is 50.6 Å². The Bertz CT molecular complexity index is 942. The molecular weight excluding hydrogens is 380 g/mol. The second-order valence-electron chi connectivity index (χ2n) is 8.60. The summed E-state index contributed by atoms with van der Waals surface area (Å²) >= 11 is 0. The minimum Gasteiger partial charge on any atom is -0.507 e. The molecule has 2 fully saturated rings. The first-order valence-corrected chi connectivity index (χ1v) is 11.0. The molecule has 7 heteroatoms. The molecule has 0 aliphatic heterocycles. The lowest BCUT2D eigenvalue weighted by Crippen LogP contribution is -2.37. The fourth-order valence-corrected chi connectivity index (χ4v) is 3.99. The highest BCUT2D eigenvalue weighted by molar-refractivity contribution is 5.94. The van der Waals surface area contributed by atoms with E-state index in [9.17, 15) is 14.7 Å². The number of hydrogen-bond donors (Lipinski definition) is 3. The van der Waals surface area contributed by atoms with Gasteiger partial charge in [0.25, 0.3) is 0 Å². The minimum absolute atomic E-state index is 0.00309. The number of aromatic hydroxyl groups is 1. The predicted molar refractivity (Wildman–Crippen MR) is 116 cm³/mol. The number of nitrogens with zero attached hydrogens (tertiary/aromatic N) is 2. The van der Waals surface area contributed by atoms with Crippen molar-refractivity contribution >= 4 is 17.6 Å². The monoisotopic (exact) mass is 410 g/mol. The van der Waals surface area contributed by atoms with Gasteiger partial charge in [-0.2, -0.15) is 9.78 Å². The van der Waals surface area contributed by atoms with E-state index < -0.39 is 0 Å². The Labute approximate surface area is 176 Å². The number of aromatic nitrogens is 2. The van der Waals surface area contributed by atoms with E-state index in [1.165, 1.54) is 4.68 Å². The highest BCUT2D eigenvalue weighted by Gasteiger charge is 2.30. The number of phenolic OH excluding ortho intramolecular Hbond substituents is 1. The van der Waals surface area contributed by atoms with Crippen molar-refractivity contribution in [2.24, 2.45) is 5.92 Å². The number of amides is 2. The Morgan fingerprint density at radius 3 is 2.57 bits per heavy atom. The Hall–Kier alpha value is -2.83. The van der Waals surface area contributed by atoms with E-state index in [1.807, 2.05) is 19.9 Å². The van der Waals surface area contributed by atoms with Crippen LogP contribution in [0, 0.1) is 5.92 Å². The van der Waals surface area contributed by atoms with Gasteiger partial charge < -0.3 is 15.7 Å². The SMILES string of the molecule is CCC(C)NC(=O)n1nc(-c2ccc(NC(=O)C3CC3)cc2O)cc1C1CCCC1. The van der Waals surface area contributed by atoms with Crippen LogP contribution in [0.3, 0.4) is 0 Å². The largest absolute Gasteiger partial charge is 0.507 e. The molecule has 3 N–H and O–H groups in total. The summed E-state index contributed by atoms with van der Waals surface area (Å²) in [5.74, 6) is 0.430. The van der Waals surface area contributed by atoms with Gasteiger partial charge in [0.15, 0.2) is 0 Å². The van der Waals surface area contributed by atoms with Crippen molar-refractivity contribution in [2.75, 3.05) is 5.32 Å². The number of carbonyl (C=O) groups is 2. The zero-order chi connectivity index (χ0) is 21.3. The van der Waals surface area contributed by atoms with E-state index in [4.69, 9.17) is 0 Å². The molecule has 30 heavy (non-hydrogen) atoms. The van der Waals surface area contributed by atoms with Gasteiger partial charge in [-0.1, -0.05) is 19.8 Å². The van der Waals surface area contributed by atoms with Crippen molar-refractivity contribution in [3.8, 4) is 17.0 Å². The van der Waals surface area contributed by atoms with E-state index in [1.54, 1.807) is 18.2 Å². The van der Waals surface area contributed by atoms with E-state index >= 15 is 0 Å². The number of anilines is 1. The molecule has 160 valence electrons. The number of phenols is 1. The Morgan fingerprint density at radius 2 is 1.93 bits per heavy atom. The second kappa shape index (κ2) is 8.50. The smallest absolute Gasteiger partial charge is 0.342 e. The number of rotatable bonds is 6. The van der Waals surface area contributed by atoms with Gasteiger partial charge >= 0.3 is 6.03 Å². The summed E-state index contributed by atoms with van der Waals surface area (Å²) in [6.45, 7) is 4.00. The zero-order valence-electron chi connectivity index (χ0n) is 17.6. The summed E-state index contributed by atoms with van der Waals surface area (Å²) in [6.07, 6.45) is 7.08. The second-order valence-corrected chi connectivity index (χ2v) is 8.60. The number of nitrogens with one attached hydrogen (secondary N) is 2. The van der Waals surface area contributed by atoms with E-state index in [-0.39, 0.29) is 29.6 Å². The zero-order valence-corrected chi connectivity index (χ0v) is 17.6. The molecule has 0 bridgehead atoms. The molecule has 2 aliphatic rings. The highest BCUT2D eigenvalue weighted by Crippen LogP contribution is 2.38. The number of carbonyl (C=O) groups excluding carboxylic acids is 2. The van der Waals surface area contributed by atoms with Crippen molar-refractivity contribution in [1.29, 1.82) is 0 Å². The summed E-state index contributed by atoms with van der Waals surface area (Å²) in [7, 11) is 0. The number of hydrogen-bond acceptors (Lipinski definition) is 4. The Kier molecular flexibility index (Phi) is 5.79. The third-order valence-electron chi connectivity index (χ3n) is 6.17. The third-order valence-corrected chi connectivity index (χ3v) is 6.17. The molecule has 4 rings (SSSR count). The molecule has 2 aromatic rings. The molecule has 2 amide bonds. The predicted octanol–water partition coefficient (Wildman–Crippen LogP) is 4.62. The standard InChI is InChI=1S/C23H30N4O3/c1-3-14(2)24-23(30)27-20(15-6-4-5-7-15)13-19(26-27)18-11-10-17(12-21(18)28)25-22(29)16-8-9-16/h10-16,28H,3-9H2,1-2H3,(H,24,30)(H,25,29). The maximum absolute atomic E-state index is 12.8. The lowest BCUT2D eigenvalue weighted by atomic mass is 10.0. The van der Waals surface area contributed by atoms with Crippen LogP contribution in [-0.4, -0.2) is 32.9 Å². The number of benzene rings is 1. The van der Waals surface area contributed by atoms with Crippen LogP contribution in [0.15, 0.2) is 24.3 Å². The summed E-state index contributed by atoms with van der Waals surface area (Å²) < 4.78 is 1.47. The average molecular weight is 411 g/mol. The Balaban J connectivity index is 1.62. The fraction of sp³-hybridized carbons (Fsp3) is 0.522. The van der Waals surface area contributed by atoms with Gasteiger partial charge in [0.2, 0.25) is 5.91 Å². The summed E-state index contributed by atoms with van der Waals surface area (Å²) in [6, 6.07) is 6.81. The minimum atomic E-state index is -0.231. The quantitative estimate of drug-likeness (QED) is 0.647. The van der Waals surface area contributed by atoms with Crippen LogP contribution in [-0.2, 0) is 4.79 Å². The molecule has 0 radical (unpaired) electrons. The average Bonchev–Trinajstić information content (AvgIpc) is 3.25. The van der Waals surface area contributed by atoms with E-state index in [0.29, 0.717) is 22.9 Å². The van der Waals surface area contributed by atoms with Crippen LogP contribution in [0.5, 0.6) is 5.75 Å². The van der Waals surface area contributed by atoms with Gasteiger partial charge in [-0.05, 0) is 57.2 Å². The van der Waals surface area contributed by atoms with Gasteiger partial charge in [0.05, 0.1) is 11.4 Å². The summed E-state index contributed by atoms with van der Waals surface area (Å²) in [5.41, 5.74) is 2.58. The van der Waals surface area contributed by atoms with Crippen molar-refractivity contribution in [3.05, 3.63) is 30.0 Å². The maximum Gasteiger partial charge on any atom is 0.342 e. The van der Waals surface area contributed by atoms with Crippen molar-refractivity contribution in [1.82, 2.24) is 15.1 Å². The fourth-order valence-electron chi connectivity index (χ4n) is 3.99. The van der Waals surface area contributed by atoms with Gasteiger partial charge in [-0.25, -0.2) is 4.79 Å². The van der Waals surface area contributed by atoms with E-state index in [2.05, 4.69) is 15.7 Å². The normalized spacial score (nSPS) is 17.7. The molecule has 2 aliphatic carbocycles. The molecule has 7 nitrogen and oxygen atoms in total. The lowest BCUT2D eigenvalue weighted by Gasteiger charge is -2.15. The lowest BCUT2D eigenvalue weighted by molar-refractivity contribution is -0.117. The molecule has 1 unspecified atom stereocenters. The molecule has 2 saturated carbocycles. The van der Waals surface area contributed by atoms with Crippen LogP contribution < -0.4 is 10.6 Å². The maximum atomic E-state index is 12.8. The third kappa shape index (κ3) is 4.35. The molecule has 0 saturated heterocycles. The van der Waals surface area contributed by atoms with Gasteiger partial charge in [0.1, 0.15) is 5.75 Å². The molecule has 0 spiro atoms. The first kappa shape index (κ1) is 20.4. The molecule has 1 aromatic heterocycles. The molecule has 1 heterocycles. The van der Waals surface area contributed by atoms with Crippen LogP contribution in [0.25, 0.3) is 11.3 Å². The molecular formula is C23H30N4O3. The molecule has 1 aromatic carbocycles. The first-order chi connectivity index (χ1) is 14.5. The van der Waals surface area contributed by atoms with Crippen LogP contribution in [0.4, 0.5) is 10.5 Å². The van der Waals surface area contributed by atoms with Gasteiger partial charge in [-0.3, -0.25) is 4.79 Å². The Morgan fingerprint density at radius 1 is 1.20 bits per heavy atom. The van der Waals surface area contributed by atoms with Gasteiger partial charge in [-0.15, -0.1) is 0 Å².